The summed E-state index contributed by atoms with van der Waals surface area (Å²) in [7, 11) is -3.79. The summed E-state index contributed by atoms with van der Waals surface area (Å²) in [6, 6.07) is 8.59. The van der Waals surface area contributed by atoms with Crippen molar-refractivity contribution in [3.63, 3.8) is 0 Å². The Hall–Kier alpha value is -3.35. The maximum atomic E-state index is 13.8. The number of sulfonamides is 1. The largest absolute Gasteiger partial charge is 0.460 e. The molecule has 1 amide bonds. The molecule has 0 unspecified atom stereocenters. The van der Waals surface area contributed by atoms with Gasteiger partial charge in [-0.3, -0.25) is 9.52 Å². The maximum absolute atomic E-state index is 13.8. The number of morpholine rings is 1. The quantitative estimate of drug-likeness (QED) is 0.362. The predicted octanol–water partition coefficient (Wildman–Crippen LogP) is 3.81. The summed E-state index contributed by atoms with van der Waals surface area (Å²) >= 11 is 0. The average molecular weight is 584 g/mol. The minimum Gasteiger partial charge on any atom is -0.460 e. The van der Waals surface area contributed by atoms with E-state index in [0.29, 0.717) is 59.3 Å². The number of hydrogen-bond donors (Lipinski definition) is 3. The normalized spacial score (nSPS) is 21.2. The molecule has 2 atom stereocenters. The van der Waals surface area contributed by atoms with Crippen LogP contribution in [0.1, 0.15) is 49.9 Å². The van der Waals surface area contributed by atoms with Crippen LogP contribution in [-0.2, 0) is 14.8 Å². The molecule has 220 valence electrons. The minimum atomic E-state index is -3.79. The smallest absolute Gasteiger partial charge is 0.258 e. The van der Waals surface area contributed by atoms with Crippen molar-refractivity contribution in [1.29, 1.82) is 0 Å². The van der Waals surface area contributed by atoms with E-state index in [1.165, 1.54) is 19.8 Å². The molecule has 0 radical (unpaired) electrons. The van der Waals surface area contributed by atoms with Crippen LogP contribution in [0.15, 0.2) is 41.0 Å². The molecular formula is C29H37N5O6S. The molecule has 0 bridgehead atoms. The van der Waals surface area contributed by atoms with Crippen molar-refractivity contribution in [2.24, 2.45) is 5.41 Å². The molecule has 1 aromatic carbocycles. The lowest BCUT2D eigenvalue weighted by molar-refractivity contribution is 0.0530. The molecule has 3 N–H and O–H groups in total. The standard InChI is InChI=1S/C29H37N5O6S/c1-19-17-34(12-14-39-19)27-26-21(5-13-40-26)15-25(30-27)31-28(36)23-4-3-22(32-41(37,38)20(2)18-35)16-24(23)33-10-8-29(6-7-29)9-11-33/h3-5,13,15-16,19-20,32,35H,6-12,14,17-18H2,1-2H3,(H,30,31,36)/t19-,20-/m1/s1. The van der Waals surface area contributed by atoms with Gasteiger partial charge in [0, 0.05) is 31.6 Å². The number of nitrogens with one attached hydrogen (secondary N) is 2. The Bertz CT molecular complexity index is 1540. The number of carbonyl (C=O) groups is 1. The number of rotatable bonds is 8. The van der Waals surface area contributed by atoms with Gasteiger partial charge in [-0.15, -0.1) is 0 Å². The lowest BCUT2D eigenvalue weighted by Gasteiger charge is -2.35. The maximum Gasteiger partial charge on any atom is 0.258 e. The van der Waals surface area contributed by atoms with Gasteiger partial charge < -0.3 is 29.4 Å². The summed E-state index contributed by atoms with van der Waals surface area (Å²) in [5.41, 5.74) is 2.55. The number of carbonyl (C=O) groups excluding carboxylic acids is 1. The number of aliphatic hydroxyl groups excluding tert-OH is 1. The second-order valence-corrected chi connectivity index (χ2v) is 13.7. The fraction of sp³-hybridized carbons (Fsp3) is 0.517. The van der Waals surface area contributed by atoms with Gasteiger partial charge in [-0.1, -0.05) is 0 Å². The molecule has 3 fully saturated rings. The van der Waals surface area contributed by atoms with Gasteiger partial charge in [-0.05, 0) is 75.3 Å². The highest BCUT2D eigenvalue weighted by Gasteiger charge is 2.44. The van der Waals surface area contributed by atoms with Crippen LogP contribution in [0.2, 0.25) is 0 Å². The Morgan fingerprint density at radius 3 is 2.63 bits per heavy atom. The molecule has 2 aliphatic heterocycles. The number of aromatic nitrogens is 1. The van der Waals surface area contributed by atoms with Crippen LogP contribution >= 0.6 is 0 Å². The number of nitrogens with zero attached hydrogens (tertiary/aromatic N) is 3. The summed E-state index contributed by atoms with van der Waals surface area (Å²) < 4.78 is 39.3. The number of anilines is 4. The van der Waals surface area contributed by atoms with Crippen molar-refractivity contribution in [3.05, 3.63) is 42.2 Å². The molecule has 2 saturated heterocycles. The van der Waals surface area contributed by atoms with Crippen LogP contribution in [0.25, 0.3) is 11.0 Å². The van der Waals surface area contributed by atoms with Gasteiger partial charge in [0.1, 0.15) is 11.1 Å². The first kappa shape index (κ1) is 27.8. The van der Waals surface area contributed by atoms with Crippen molar-refractivity contribution >= 4 is 49.9 Å². The number of fused-ring (bicyclic) bond motifs is 1. The van der Waals surface area contributed by atoms with E-state index in [1.54, 1.807) is 30.5 Å². The van der Waals surface area contributed by atoms with Crippen molar-refractivity contribution in [1.82, 2.24) is 4.98 Å². The lowest BCUT2D eigenvalue weighted by Crippen LogP contribution is -2.41. The van der Waals surface area contributed by atoms with E-state index < -0.39 is 21.9 Å². The van der Waals surface area contributed by atoms with Gasteiger partial charge in [0.05, 0.1) is 42.5 Å². The van der Waals surface area contributed by atoms with Crippen LogP contribution < -0.4 is 19.8 Å². The first-order chi connectivity index (χ1) is 19.7. The number of aliphatic hydroxyl groups is 1. The minimum absolute atomic E-state index is 0.0481. The Balaban J connectivity index is 1.30. The van der Waals surface area contributed by atoms with Crippen molar-refractivity contribution < 1.29 is 27.5 Å². The number of pyridine rings is 1. The summed E-state index contributed by atoms with van der Waals surface area (Å²) in [6.45, 7) is 6.46. The predicted molar refractivity (Wildman–Crippen MR) is 158 cm³/mol. The Labute approximate surface area is 239 Å². The van der Waals surface area contributed by atoms with Gasteiger partial charge in [0.25, 0.3) is 5.91 Å². The molecule has 1 saturated carbocycles. The molecule has 41 heavy (non-hydrogen) atoms. The van der Waals surface area contributed by atoms with E-state index in [2.05, 4.69) is 19.8 Å². The van der Waals surface area contributed by atoms with Crippen molar-refractivity contribution in [3.8, 4) is 0 Å². The molecule has 4 heterocycles. The van der Waals surface area contributed by atoms with Crippen molar-refractivity contribution in [2.75, 3.05) is 59.2 Å². The number of amides is 1. The monoisotopic (exact) mass is 583 g/mol. The van der Waals surface area contributed by atoms with E-state index in [1.807, 2.05) is 13.0 Å². The first-order valence-corrected chi connectivity index (χ1v) is 15.8. The zero-order valence-corrected chi connectivity index (χ0v) is 24.2. The van der Waals surface area contributed by atoms with E-state index >= 15 is 0 Å². The molecule has 3 aliphatic rings. The SMILES string of the molecule is C[C@@H]1CN(c2nc(NC(=O)c3ccc(NS(=O)(=O)[C@H](C)CO)cc3N3CCC4(CC3)CC4)cc3ccoc23)CCO1. The second kappa shape index (κ2) is 10.8. The highest BCUT2D eigenvalue weighted by molar-refractivity contribution is 7.93. The number of hydrogen-bond acceptors (Lipinski definition) is 9. The fourth-order valence-corrected chi connectivity index (χ4v) is 6.60. The third kappa shape index (κ3) is 5.73. The van der Waals surface area contributed by atoms with Crippen LogP contribution in [0, 0.1) is 5.41 Å². The first-order valence-electron chi connectivity index (χ1n) is 14.2. The molecule has 11 nitrogen and oxygen atoms in total. The average Bonchev–Trinajstić information content (AvgIpc) is 3.53. The van der Waals surface area contributed by atoms with Gasteiger partial charge in [0.2, 0.25) is 10.0 Å². The van der Waals surface area contributed by atoms with Crippen LogP contribution in [0.5, 0.6) is 0 Å². The van der Waals surface area contributed by atoms with Gasteiger partial charge >= 0.3 is 0 Å². The van der Waals surface area contributed by atoms with Crippen LogP contribution in [0.3, 0.4) is 0 Å². The molecule has 1 aliphatic carbocycles. The molecule has 1 spiro atoms. The number of benzene rings is 1. The Morgan fingerprint density at radius 2 is 1.93 bits per heavy atom. The van der Waals surface area contributed by atoms with E-state index in [-0.39, 0.29) is 12.0 Å². The second-order valence-electron chi connectivity index (χ2n) is 11.6. The lowest BCUT2D eigenvalue weighted by atomic mass is 9.93. The van der Waals surface area contributed by atoms with E-state index in [0.717, 1.165) is 31.3 Å². The Kier molecular flexibility index (Phi) is 7.33. The third-order valence-corrected chi connectivity index (χ3v) is 10.3. The zero-order chi connectivity index (χ0) is 28.8. The third-order valence-electron chi connectivity index (χ3n) is 8.61. The summed E-state index contributed by atoms with van der Waals surface area (Å²) in [5, 5.41) is 12.2. The highest BCUT2D eigenvalue weighted by atomic mass is 32.2. The summed E-state index contributed by atoms with van der Waals surface area (Å²) in [5.74, 6) is 0.731. The number of piperidine rings is 1. The molecule has 3 aromatic rings. The van der Waals surface area contributed by atoms with Crippen LogP contribution in [-0.4, -0.2) is 75.2 Å². The van der Waals surface area contributed by atoms with Gasteiger partial charge in [-0.25, -0.2) is 13.4 Å². The van der Waals surface area contributed by atoms with Gasteiger partial charge in [-0.2, -0.15) is 0 Å². The zero-order valence-electron chi connectivity index (χ0n) is 23.4. The fourth-order valence-electron chi connectivity index (χ4n) is 5.74. The summed E-state index contributed by atoms with van der Waals surface area (Å²) in [4.78, 5) is 22.8. The molecule has 12 heteroatoms. The number of ether oxygens (including phenoxy) is 1. The summed E-state index contributed by atoms with van der Waals surface area (Å²) in [6.07, 6.45) is 6.26. The number of furan rings is 1. The molecule has 2 aromatic heterocycles. The van der Waals surface area contributed by atoms with E-state index in [9.17, 15) is 18.3 Å². The van der Waals surface area contributed by atoms with Crippen LogP contribution in [0.4, 0.5) is 23.0 Å². The Morgan fingerprint density at radius 1 is 1.15 bits per heavy atom. The van der Waals surface area contributed by atoms with E-state index in [4.69, 9.17) is 14.1 Å². The van der Waals surface area contributed by atoms with Gasteiger partial charge in [0.15, 0.2) is 11.4 Å². The van der Waals surface area contributed by atoms with Crippen molar-refractivity contribution in [2.45, 2.75) is 50.9 Å². The highest BCUT2D eigenvalue weighted by Crippen LogP contribution is 2.54. The molecular weight excluding hydrogens is 546 g/mol. The molecule has 6 rings (SSSR count). The topological polar surface area (TPSA) is 137 Å².